The van der Waals surface area contributed by atoms with Crippen LogP contribution in [0.15, 0.2) is 11.1 Å². The molecule has 0 aromatic heterocycles. The third kappa shape index (κ3) is 7.23. The van der Waals surface area contributed by atoms with Crippen molar-refractivity contribution in [2.45, 2.75) is 85.0 Å². The van der Waals surface area contributed by atoms with E-state index in [2.05, 4.69) is 0 Å². The van der Waals surface area contributed by atoms with E-state index < -0.39 is 23.6 Å². The number of esters is 2. The van der Waals surface area contributed by atoms with Crippen molar-refractivity contribution < 1.29 is 28.6 Å². The maximum absolute atomic E-state index is 12.6. The number of carbonyl (C=O) groups excluding carboxylic acids is 3. The van der Waals surface area contributed by atoms with Gasteiger partial charge in [-0.1, -0.05) is 5.57 Å². The predicted octanol–water partition coefficient (Wildman–Crippen LogP) is 3.61. The number of rotatable bonds is 5. The molecule has 1 fully saturated rings. The molecule has 1 aliphatic heterocycles. The summed E-state index contributed by atoms with van der Waals surface area (Å²) < 4.78 is 15.8. The average Bonchev–Trinajstić information content (AvgIpc) is 2.52. The van der Waals surface area contributed by atoms with Crippen molar-refractivity contribution in [3.63, 3.8) is 0 Å². The minimum absolute atomic E-state index is 0.183. The SMILES string of the molecule is COC(=O)C(=C(C)C)C(CC1CCCCN1C(=O)OC(C)(C)C)OC(C)=O. The van der Waals surface area contributed by atoms with Crippen molar-refractivity contribution in [1.82, 2.24) is 4.90 Å². The quantitative estimate of drug-likeness (QED) is 0.410. The van der Waals surface area contributed by atoms with Crippen molar-refractivity contribution in [2.24, 2.45) is 0 Å². The van der Waals surface area contributed by atoms with E-state index in [0.717, 1.165) is 19.3 Å². The number of hydrogen-bond donors (Lipinski definition) is 0. The number of methoxy groups -OCH3 is 1. The van der Waals surface area contributed by atoms with Gasteiger partial charge in [0.1, 0.15) is 11.7 Å². The number of piperidine rings is 1. The predicted molar refractivity (Wildman–Crippen MR) is 101 cm³/mol. The first-order chi connectivity index (χ1) is 12.5. The molecule has 0 N–H and O–H groups in total. The Morgan fingerprint density at radius 1 is 1.11 bits per heavy atom. The van der Waals surface area contributed by atoms with Crippen LogP contribution in [0.3, 0.4) is 0 Å². The van der Waals surface area contributed by atoms with Gasteiger partial charge < -0.3 is 19.1 Å². The summed E-state index contributed by atoms with van der Waals surface area (Å²) in [4.78, 5) is 38.2. The molecule has 1 heterocycles. The van der Waals surface area contributed by atoms with Crippen molar-refractivity contribution in [2.75, 3.05) is 13.7 Å². The Morgan fingerprint density at radius 3 is 2.22 bits per heavy atom. The Bertz CT molecular complexity index is 586. The van der Waals surface area contributed by atoms with E-state index in [9.17, 15) is 14.4 Å². The zero-order chi connectivity index (χ0) is 20.8. The van der Waals surface area contributed by atoms with Crippen LogP contribution < -0.4 is 0 Å². The molecule has 1 amide bonds. The Labute approximate surface area is 162 Å². The molecular weight excluding hydrogens is 350 g/mol. The van der Waals surface area contributed by atoms with E-state index in [1.165, 1.54) is 14.0 Å². The van der Waals surface area contributed by atoms with Crippen molar-refractivity contribution >= 4 is 18.0 Å². The summed E-state index contributed by atoms with van der Waals surface area (Å²) in [7, 11) is 1.30. The zero-order valence-electron chi connectivity index (χ0n) is 17.6. The standard InChI is InChI=1S/C20H33NO6/c1-13(2)17(18(23)25-7)16(26-14(3)22)12-15-10-8-9-11-21(15)19(24)27-20(4,5)6/h15-16H,8-12H2,1-7H3. The summed E-state index contributed by atoms with van der Waals surface area (Å²) in [5.74, 6) is -1.01. The van der Waals surface area contributed by atoms with E-state index in [-0.39, 0.29) is 12.1 Å². The molecule has 0 radical (unpaired) electrons. The van der Waals surface area contributed by atoms with Gasteiger partial charge in [0.15, 0.2) is 0 Å². The highest BCUT2D eigenvalue weighted by Crippen LogP contribution is 2.28. The molecule has 7 nitrogen and oxygen atoms in total. The van der Waals surface area contributed by atoms with Crippen molar-refractivity contribution in [3.8, 4) is 0 Å². The number of ether oxygens (including phenoxy) is 3. The van der Waals surface area contributed by atoms with Crippen molar-refractivity contribution in [1.29, 1.82) is 0 Å². The van der Waals surface area contributed by atoms with Crippen LogP contribution in [0.1, 0.15) is 67.2 Å². The van der Waals surface area contributed by atoms with Gasteiger partial charge in [0.2, 0.25) is 0 Å². The first-order valence-electron chi connectivity index (χ1n) is 9.38. The molecule has 0 bridgehead atoms. The summed E-state index contributed by atoms with van der Waals surface area (Å²) >= 11 is 0. The normalized spacial score (nSPS) is 18.3. The molecular formula is C20H33NO6. The maximum atomic E-state index is 12.6. The lowest BCUT2D eigenvalue weighted by atomic mass is 9.92. The second-order valence-corrected chi connectivity index (χ2v) is 8.06. The molecule has 7 heteroatoms. The van der Waals surface area contributed by atoms with E-state index >= 15 is 0 Å². The minimum atomic E-state index is -0.770. The number of nitrogens with zero attached hydrogens (tertiary/aromatic N) is 1. The van der Waals surface area contributed by atoms with Gasteiger partial charge in [-0.15, -0.1) is 0 Å². The lowest BCUT2D eigenvalue weighted by Crippen LogP contribution is -2.48. The van der Waals surface area contributed by atoms with Gasteiger partial charge in [-0.25, -0.2) is 9.59 Å². The summed E-state index contributed by atoms with van der Waals surface area (Å²) in [6, 6.07) is -0.183. The van der Waals surface area contributed by atoms with Crippen LogP contribution in [0.2, 0.25) is 0 Å². The molecule has 0 saturated carbocycles. The fourth-order valence-electron chi connectivity index (χ4n) is 3.25. The van der Waals surface area contributed by atoms with Crippen LogP contribution in [-0.4, -0.2) is 54.3 Å². The van der Waals surface area contributed by atoms with E-state index in [4.69, 9.17) is 14.2 Å². The molecule has 0 aromatic rings. The van der Waals surface area contributed by atoms with Gasteiger partial charge in [0, 0.05) is 25.9 Å². The highest BCUT2D eigenvalue weighted by Gasteiger charge is 2.35. The minimum Gasteiger partial charge on any atom is -0.466 e. The largest absolute Gasteiger partial charge is 0.466 e. The molecule has 154 valence electrons. The van der Waals surface area contributed by atoms with Gasteiger partial charge in [0.05, 0.1) is 12.7 Å². The maximum Gasteiger partial charge on any atom is 0.410 e. The highest BCUT2D eigenvalue weighted by molar-refractivity contribution is 5.90. The van der Waals surface area contributed by atoms with Gasteiger partial charge in [0.25, 0.3) is 0 Å². The number of amides is 1. The second-order valence-electron chi connectivity index (χ2n) is 8.06. The van der Waals surface area contributed by atoms with Crippen LogP contribution in [-0.2, 0) is 23.8 Å². The van der Waals surface area contributed by atoms with E-state index in [1.54, 1.807) is 18.7 Å². The van der Waals surface area contributed by atoms with Gasteiger partial charge in [-0.05, 0) is 53.9 Å². The number of likely N-dealkylation sites (tertiary alicyclic amines) is 1. The molecule has 0 aromatic carbocycles. The lowest BCUT2D eigenvalue weighted by Gasteiger charge is -2.38. The molecule has 2 unspecified atom stereocenters. The Morgan fingerprint density at radius 2 is 1.74 bits per heavy atom. The zero-order valence-corrected chi connectivity index (χ0v) is 17.6. The van der Waals surface area contributed by atoms with Crippen LogP contribution in [0.5, 0.6) is 0 Å². The first kappa shape index (κ1) is 23.0. The molecule has 2 atom stereocenters. The third-order valence-electron chi connectivity index (χ3n) is 4.32. The Balaban J connectivity index is 3.09. The molecule has 0 spiro atoms. The van der Waals surface area contributed by atoms with Crippen molar-refractivity contribution in [3.05, 3.63) is 11.1 Å². The molecule has 1 aliphatic rings. The fraction of sp³-hybridized carbons (Fsp3) is 0.750. The van der Waals surface area contributed by atoms with E-state index in [0.29, 0.717) is 24.1 Å². The average molecular weight is 383 g/mol. The van der Waals surface area contributed by atoms with Gasteiger partial charge in [-0.3, -0.25) is 4.79 Å². The van der Waals surface area contributed by atoms with Crippen LogP contribution >= 0.6 is 0 Å². The summed E-state index contributed by atoms with van der Waals surface area (Å²) in [5.41, 5.74) is 0.445. The molecule has 1 rings (SSSR count). The molecule has 1 saturated heterocycles. The Kier molecular flexibility index (Phi) is 8.31. The monoisotopic (exact) mass is 383 g/mol. The number of allylic oxidation sites excluding steroid dienone is 1. The van der Waals surface area contributed by atoms with Crippen LogP contribution in [0, 0.1) is 0 Å². The number of carbonyl (C=O) groups is 3. The van der Waals surface area contributed by atoms with E-state index in [1.807, 2.05) is 20.8 Å². The fourth-order valence-corrected chi connectivity index (χ4v) is 3.25. The van der Waals surface area contributed by atoms with Crippen LogP contribution in [0.4, 0.5) is 4.79 Å². The molecule has 0 aliphatic carbocycles. The second kappa shape index (κ2) is 9.76. The molecule has 27 heavy (non-hydrogen) atoms. The number of hydrogen-bond acceptors (Lipinski definition) is 6. The lowest BCUT2D eigenvalue weighted by molar-refractivity contribution is -0.147. The summed E-state index contributed by atoms with van der Waals surface area (Å²) in [6.07, 6.45) is 1.78. The Hall–Kier alpha value is -2.05. The topological polar surface area (TPSA) is 82.1 Å². The highest BCUT2D eigenvalue weighted by atomic mass is 16.6. The van der Waals surface area contributed by atoms with Gasteiger partial charge >= 0.3 is 18.0 Å². The smallest absolute Gasteiger partial charge is 0.410 e. The third-order valence-corrected chi connectivity index (χ3v) is 4.32. The van der Waals surface area contributed by atoms with Gasteiger partial charge in [-0.2, -0.15) is 0 Å². The van der Waals surface area contributed by atoms with Crippen LogP contribution in [0.25, 0.3) is 0 Å². The summed E-state index contributed by atoms with van der Waals surface area (Å²) in [6.45, 7) is 10.9. The summed E-state index contributed by atoms with van der Waals surface area (Å²) in [5, 5.41) is 0. The first-order valence-corrected chi connectivity index (χ1v) is 9.38.